The Morgan fingerprint density at radius 3 is 1.05 bits per heavy atom. The van der Waals surface area contributed by atoms with Crippen LogP contribution in [0.1, 0.15) is 34.6 Å². The molecule has 7 aliphatic rings. The van der Waals surface area contributed by atoms with Crippen LogP contribution < -0.4 is 26.6 Å². The monoisotopic (exact) mass is 1520 g/mol. The minimum absolute atomic E-state index is 0.800. The number of carbonyl (C=O) groups excluding carboxylic acids is 5. The second-order valence-corrected chi connectivity index (χ2v) is 25.9. The Balaban J connectivity index is 1.23. The average Bonchev–Trinajstić information content (AvgIpc) is 0.773. The van der Waals surface area contributed by atoms with Crippen molar-refractivity contribution >= 4 is 29.5 Å². The lowest BCUT2D eigenvalue weighted by molar-refractivity contribution is -0.385. The van der Waals surface area contributed by atoms with Crippen LogP contribution in [0.15, 0.2) is 0 Å². The zero-order chi connectivity index (χ0) is 77.2. The molecule has 39 atom stereocenters. The van der Waals surface area contributed by atoms with Crippen molar-refractivity contribution in [3.05, 3.63) is 0 Å². The van der Waals surface area contributed by atoms with Gasteiger partial charge < -0.3 is 205 Å². The molecule has 7 heterocycles. The summed E-state index contributed by atoms with van der Waals surface area (Å²) in [6.07, 6.45) is -69.2. The number of rotatable bonds is 31. The Kier molecular flexibility index (Phi) is 32.7. The molecule has 7 fully saturated rings. The molecule has 0 unspecified atom stereocenters. The molecule has 0 spiro atoms. The molecular formula is C58H99N5O41. The molecule has 0 aromatic heterocycles. The van der Waals surface area contributed by atoms with Crippen LogP contribution in [0, 0.1) is 0 Å². The van der Waals surface area contributed by atoms with Crippen LogP contribution in [-0.4, -0.2) is 440 Å². The van der Waals surface area contributed by atoms with Crippen LogP contribution in [0.2, 0.25) is 0 Å². The zero-order valence-corrected chi connectivity index (χ0v) is 56.5. The Hall–Kier alpha value is -4.09. The van der Waals surface area contributed by atoms with E-state index in [0.29, 0.717) is 0 Å². The van der Waals surface area contributed by atoms with Gasteiger partial charge in [-0.3, -0.25) is 24.0 Å². The van der Waals surface area contributed by atoms with Gasteiger partial charge in [-0.1, -0.05) is 0 Å². The standard InChI is InChI=1S/C58H99N5O41/c1-15(72)59-20(6-64)46(33(78)21(77)7-65)99-57-44(89)50(36(81)24(10-68)94-57)103-54-32(63-19(5)76)41(86)49(27(13-71)97-54)102-58-45(90)51(104-55-31(62-18(4)75)40(85)47(26(12-70)96-55)100-53-29(60-16(2)73)38(83)34(79)22(8-66)92-53)37(82)28(98-58)14-91-52-30(61-17(3)74)39(84)48(25(11-69)95-52)101-56-43(88)42(87)35(80)23(9-67)93-56/h20-58,64-71,77-90H,6-14H2,1-5H3,(H,59,72)(H,60,73)(H,61,74)(H,62,75)(H,63,76)/t20-,21+,22+,23+,24+,25+,26+,27+,28+,29+,30+,31+,32+,33-,34+,35-,36-,37-,38+,39+,40+,41+,42-,43+,44+,45+,46+,47+,48+,49+,50-,51-,52+,53-,54-,55-,56-,57-,58-/m0/s1. The fourth-order valence-electron chi connectivity index (χ4n) is 13.0. The molecule has 46 nitrogen and oxygen atoms in total. The number of hydrogen-bond acceptors (Lipinski definition) is 41. The van der Waals surface area contributed by atoms with Gasteiger partial charge in [0, 0.05) is 34.6 Å². The quantitative estimate of drug-likeness (QED) is 0.0306. The van der Waals surface area contributed by atoms with E-state index in [0.717, 1.165) is 34.6 Å². The maximum Gasteiger partial charge on any atom is 0.217 e. The number of aliphatic hydroxyl groups is 22. The summed E-state index contributed by atoms with van der Waals surface area (Å²) in [4.78, 5) is 63.3. The van der Waals surface area contributed by atoms with Gasteiger partial charge in [0.25, 0.3) is 0 Å². The SMILES string of the molecule is CC(=O)N[C@H]1[C@H](OC[C@H]2O[C@@H](O[C@H]3[C@H](O)[C@@H](NC(C)=O)[C@H](O[C@H]4[C@@H](O)[C@@H](CO)O[C@@H](O[C@@H]([C@@H](O)[C@H](O)CO)[C@H](CO)NC(C)=O)[C@@H]4O)O[C@@H]3CO)[C@H](O)[C@@H](O[C@@H]3O[C@H](CO)[C@@H](O[C@@H]4O[C@H](CO)[C@@H](O)[C@H](O)[C@H]4NC(C)=O)[C@H](O)[C@H]3NC(C)=O)[C@H]2O)O[C@H](CO)[C@@H](O[C@@H]2O[C@H](CO)[C@H](O)[C@H](O)[C@H]2O)[C@@H]1O. The molecule has 7 saturated heterocycles. The number of carbonyl (C=O) groups is 5. The highest BCUT2D eigenvalue weighted by molar-refractivity contribution is 5.75. The summed E-state index contributed by atoms with van der Waals surface area (Å²) in [5.41, 5.74) is 0. The maximum atomic E-state index is 13.0. The predicted molar refractivity (Wildman–Crippen MR) is 325 cm³/mol. The van der Waals surface area contributed by atoms with Gasteiger partial charge in [-0.05, 0) is 0 Å². The highest BCUT2D eigenvalue weighted by atomic mass is 16.8. The van der Waals surface area contributed by atoms with Crippen molar-refractivity contribution in [1.82, 2.24) is 26.6 Å². The first-order valence-electron chi connectivity index (χ1n) is 33.0. The van der Waals surface area contributed by atoms with E-state index < -0.39 is 328 Å². The van der Waals surface area contributed by atoms with Gasteiger partial charge in [0.1, 0.15) is 189 Å². The van der Waals surface area contributed by atoms with Crippen LogP contribution in [0.25, 0.3) is 0 Å². The van der Waals surface area contributed by atoms with E-state index in [-0.39, 0.29) is 0 Å². The van der Waals surface area contributed by atoms with E-state index in [2.05, 4.69) is 26.6 Å². The highest BCUT2D eigenvalue weighted by Gasteiger charge is 2.60. The van der Waals surface area contributed by atoms with Crippen LogP contribution in [-0.2, 0) is 90.3 Å². The summed E-state index contributed by atoms with van der Waals surface area (Å²) in [5, 5.41) is 253. The van der Waals surface area contributed by atoms with E-state index in [1.807, 2.05) is 0 Å². The molecule has 0 bridgehead atoms. The van der Waals surface area contributed by atoms with Gasteiger partial charge >= 0.3 is 0 Å². The lowest BCUT2D eigenvalue weighted by Gasteiger charge is -2.51. The lowest BCUT2D eigenvalue weighted by Crippen LogP contribution is -2.71. The summed E-state index contributed by atoms with van der Waals surface area (Å²) in [6, 6.07) is -9.01. The molecule has 27 N–H and O–H groups in total. The average molecular weight is 1520 g/mol. The fourth-order valence-corrected chi connectivity index (χ4v) is 13.0. The van der Waals surface area contributed by atoms with Crippen molar-refractivity contribution in [3.63, 3.8) is 0 Å². The molecular weight excluding hydrogens is 1420 g/mol. The van der Waals surface area contributed by atoms with Gasteiger partial charge in [-0.15, -0.1) is 0 Å². The Morgan fingerprint density at radius 2 is 0.644 bits per heavy atom. The van der Waals surface area contributed by atoms with E-state index in [1.165, 1.54) is 0 Å². The van der Waals surface area contributed by atoms with E-state index in [1.54, 1.807) is 0 Å². The molecule has 7 rings (SSSR count). The number of hydrogen-bond donors (Lipinski definition) is 27. The molecule has 0 aliphatic carbocycles. The zero-order valence-electron chi connectivity index (χ0n) is 56.5. The summed E-state index contributed by atoms with van der Waals surface area (Å²) in [5.74, 6) is -4.42. The number of ether oxygens (including phenoxy) is 14. The smallest absolute Gasteiger partial charge is 0.217 e. The van der Waals surface area contributed by atoms with Crippen LogP contribution in [0.4, 0.5) is 0 Å². The van der Waals surface area contributed by atoms with E-state index in [9.17, 15) is 136 Å². The number of aliphatic hydroxyl groups excluding tert-OH is 22. The normalized spacial score (nSPS) is 44.0. The topological polar surface area (TPSA) is 720 Å². The molecule has 7 aliphatic heterocycles. The molecule has 0 aromatic carbocycles. The van der Waals surface area contributed by atoms with Crippen molar-refractivity contribution in [2.45, 2.75) is 274 Å². The van der Waals surface area contributed by atoms with Crippen molar-refractivity contribution < 1.29 is 203 Å². The van der Waals surface area contributed by atoms with Gasteiger partial charge in [0.2, 0.25) is 29.5 Å². The van der Waals surface area contributed by atoms with Crippen LogP contribution >= 0.6 is 0 Å². The molecule has 46 heteroatoms. The van der Waals surface area contributed by atoms with Gasteiger partial charge in [0.05, 0.1) is 65.5 Å². The summed E-state index contributed by atoms with van der Waals surface area (Å²) in [7, 11) is 0. The minimum atomic E-state index is -2.48. The molecule has 104 heavy (non-hydrogen) atoms. The fraction of sp³-hybridized carbons (Fsp3) is 0.914. The summed E-state index contributed by atoms with van der Waals surface area (Å²) >= 11 is 0. The van der Waals surface area contributed by atoms with Gasteiger partial charge in [-0.2, -0.15) is 0 Å². The second-order valence-electron chi connectivity index (χ2n) is 25.9. The first-order valence-corrected chi connectivity index (χ1v) is 33.0. The minimum Gasteiger partial charge on any atom is -0.394 e. The maximum absolute atomic E-state index is 13.0. The molecule has 0 saturated carbocycles. The third-order valence-corrected chi connectivity index (χ3v) is 18.3. The third-order valence-electron chi connectivity index (χ3n) is 18.3. The Labute approximate surface area is 590 Å². The third kappa shape index (κ3) is 20.3. The molecule has 5 amide bonds. The summed E-state index contributed by atoms with van der Waals surface area (Å²) < 4.78 is 82.9. The largest absolute Gasteiger partial charge is 0.394 e. The van der Waals surface area contributed by atoms with Crippen molar-refractivity contribution in [3.8, 4) is 0 Å². The Morgan fingerprint density at radius 1 is 0.327 bits per heavy atom. The van der Waals surface area contributed by atoms with Gasteiger partial charge in [-0.25, -0.2) is 0 Å². The van der Waals surface area contributed by atoms with Crippen LogP contribution in [0.3, 0.4) is 0 Å². The van der Waals surface area contributed by atoms with E-state index >= 15 is 0 Å². The highest BCUT2D eigenvalue weighted by Crippen LogP contribution is 2.38. The number of nitrogens with one attached hydrogen (secondary N) is 5. The lowest BCUT2D eigenvalue weighted by atomic mass is 9.93. The van der Waals surface area contributed by atoms with Gasteiger partial charge in [0.15, 0.2) is 44.0 Å². The van der Waals surface area contributed by atoms with Crippen molar-refractivity contribution in [2.24, 2.45) is 0 Å². The molecule has 602 valence electrons. The van der Waals surface area contributed by atoms with Crippen LogP contribution in [0.5, 0.6) is 0 Å². The van der Waals surface area contributed by atoms with E-state index in [4.69, 9.17) is 66.3 Å². The first-order chi connectivity index (χ1) is 49.1. The van der Waals surface area contributed by atoms with Crippen molar-refractivity contribution in [2.75, 3.05) is 59.5 Å². The Bertz CT molecular complexity index is 2710. The first kappa shape index (κ1) is 87.1. The summed E-state index contributed by atoms with van der Waals surface area (Å²) in [6.45, 7) is -4.72. The predicted octanol–water partition coefficient (Wildman–Crippen LogP) is -18.1. The second kappa shape index (κ2) is 39.0. The number of amides is 5. The molecule has 0 radical (unpaired) electrons. The van der Waals surface area contributed by atoms with Crippen molar-refractivity contribution in [1.29, 1.82) is 0 Å². The molecule has 0 aromatic rings.